The minimum absolute atomic E-state index is 0.203. The van der Waals surface area contributed by atoms with Gasteiger partial charge in [-0.15, -0.1) is 11.6 Å². The maximum Gasteiger partial charge on any atom is 0.128 e. The maximum absolute atomic E-state index is 13.7. The van der Waals surface area contributed by atoms with Crippen LogP contribution in [0, 0.1) is 12.7 Å². The highest BCUT2D eigenvalue weighted by atomic mass is 35.5. The van der Waals surface area contributed by atoms with E-state index in [1.54, 1.807) is 6.92 Å². The smallest absolute Gasteiger partial charge is 0.128 e. The monoisotopic (exact) mass is 297 g/mol. The molecule has 0 saturated carbocycles. The van der Waals surface area contributed by atoms with Crippen molar-refractivity contribution in [3.63, 3.8) is 0 Å². The summed E-state index contributed by atoms with van der Waals surface area (Å²) in [6.07, 6.45) is 0.701. The van der Waals surface area contributed by atoms with Crippen LogP contribution in [0.3, 0.4) is 0 Å². The maximum atomic E-state index is 13.7. The highest BCUT2D eigenvalue weighted by Gasteiger charge is 2.13. The highest BCUT2D eigenvalue weighted by Crippen LogP contribution is 2.21. The fraction of sp³-hybridized carbons (Fsp3) is 0.533. The third-order valence-electron chi connectivity index (χ3n) is 3.67. The Hall–Kier alpha value is -1.13. The number of halogens is 2. The molecule has 0 aliphatic heterocycles. The van der Waals surface area contributed by atoms with Crippen molar-refractivity contribution in [2.45, 2.75) is 26.8 Å². The Morgan fingerprint density at radius 2 is 2.15 bits per heavy atom. The molecule has 0 saturated heterocycles. The van der Waals surface area contributed by atoms with Crippen LogP contribution in [0.15, 0.2) is 12.1 Å². The Morgan fingerprint density at radius 3 is 2.80 bits per heavy atom. The summed E-state index contributed by atoms with van der Waals surface area (Å²) >= 11 is 5.85. The van der Waals surface area contributed by atoms with Gasteiger partial charge >= 0.3 is 0 Å². The lowest BCUT2D eigenvalue weighted by molar-refractivity contribution is 0.335. The topological polar surface area (TPSA) is 21.1 Å². The van der Waals surface area contributed by atoms with Gasteiger partial charge in [0.05, 0.1) is 11.0 Å². The number of fused-ring (bicyclic) bond motifs is 1. The molecule has 0 radical (unpaired) electrons. The van der Waals surface area contributed by atoms with Crippen LogP contribution >= 0.6 is 11.6 Å². The fourth-order valence-electron chi connectivity index (χ4n) is 2.25. The largest absolute Gasteiger partial charge is 0.327 e. The molecule has 1 heterocycles. The lowest BCUT2D eigenvalue weighted by Gasteiger charge is -2.16. The summed E-state index contributed by atoms with van der Waals surface area (Å²) in [7, 11) is 2.09. The molecule has 5 heteroatoms. The highest BCUT2D eigenvalue weighted by molar-refractivity contribution is 6.17. The summed E-state index contributed by atoms with van der Waals surface area (Å²) in [6.45, 7) is 6.70. The van der Waals surface area contributed by atoms with E-state index in [0.29, 0.717) is 23.4 Å². The number of imidazole rings is 1. The summed E-state index contributed by atoms with van der Waals surface area (Å²) in [5.41, 5.74) is 2.36. The van der Waals surface area contributed by atoms with E-state index in [2.05, 4.69) is 28.4 Å². The van der Waals surface area contributed by atoms with Crippen LogP contribution in [0.25, 0.3) is 11.0 Å². The number of hydrogen-bond donors (Lipinski definition) is 0. The van der Waals surface area contributed by atoms with Crippen LogP contribution in [-0.4, -0.2) is 40.5 Å². The average molecular weight is 298 g/mol. The van der Waals surface area contributed by atoms with Crippen molar-refractivity contribution in [3.05, 3.63) is 29.3 Å². The van der Waals surface area contributed by atoms with E-state index in [4.69, 9.17) is 11.6 Å². The van der Waals surface area contributed by atoms with Crippen LogP contribution in [0.1, 0.15) is 18.3 Å². The first-order chi connectivity index (χ1) is 9.56. The van der Waals surface area contributed by atoms with Gasteiger partial charge in [-0.2, -0.15) is 0 Å². The molecule has 0 unspecified atom stereocenters. The quantitative estimate of drug-likeness (QED) is 0.763. The predicted molar refractivity (Wildman–Crippen MR) is 82.0 cm³/mol. The van der Waals surface area contributed by atoms with Gasteiger partial charge < -0.3 is 9.47 Å². The van der Waals surface area contributed by atoms with Crippen molar-refractivity contribution < 1.29 is 4.39 Å². The van der Waals surface area contributed by atoms with E-state index in [1.807, 2.05) is 6.07 Å². The molecule has 1 aromatic carbocycles. The molecule has 0 spiro atoms. The molecule has 3 nitrogen and oxygen atoms in total. The van der Waals surface area contributed by atoms with Crippen LogP contribution < -0.4 is 0 Å². The molecule has 0 N–H and O–H groups in total. The van der Waals surface area contributed by atoms with Crippen LogP contribution in [0.2, 0.25) is 0 Å². The molecule has 0 atom stereocenters. The van der Waals surface area contributed by atoms with Crippen LogP contribution in [-0.2, 0) is 13.0 Å². The van der Waals surface area contributed by atoms with Gasteiger partial charge in [-0.25, -0.2) is 9.37 Å². The van der Waals surface area contributed by atoms with E-state index in [0.717, 1.165) is 31.0 Å². The molecule has 1 aromatic heterocycles. The summed E-state index contributed by atoms with van der Waals surface area (Å²) in [4.78, 5) is 6.77. The molecule has 2 rings (SSSR count). The molecular formula is C15H21ClFN3. The van der Waals surface area contributed by atoms with Crippen LogP contribution in [0.5, 0.6) is 0 Å². The minimum atomic E-state index is -0.203. The van der Waals surface area contributed by atoms with Gasteiger partial charge in [-0.1, -0.05) is 6.92 Å². The number of hydrogen-bond acceptors (Lipinski definition) is 2. The molecular weight excluding hydrogens is 277 g/mol. The van der Waals surface area contributed by atoms with Crippen LogP contribution in [0.4, 0.5) is 4.39 Å². The summed E-state index contributed by atoms with van der Waals surface area (Å²) in [5.74, 6) is 1.25. The number of aryl methyl sites for hydroxylation is 2. The molecule has 0 amide bonds. The number of rotatable bonds is 6. The molecule has 2 aromatic rings. The second-order valence-corrected chi connectivity index (χ2v) is 5.48. The van der Waals surface area contributed by atoms with Gasteiger partial charge in [-0.05, 0) is 32.1 Å². The zero-order valence-electron chi connectivity index (χ0n) is 12.3. The number of alkyl halides is 1. The van der Waals surface area contributed by atoms with E-state index in [-0.39, 0.29) is 5.82 Å². The second-order valence-electron chi connectivity index (χ2n) is 5.10. The Morgan fingerprint density at radius 1 is 1.40 bits per heavy atom. The minimum Gasteiger partial charge on any atom is -0.327 e. The van der Waals surface area contributed by atoms with E-state index in [9.17, 15) is 4.39 Å². The van der Waals surface area contributed by atoms with Gasteiger partial charge in [0.15, 0.2) is 0 Å². The van der Waals surface area contributed by atoms with Crippen molar-refractivity contribution in [2.75, 3.05) is 26.0 Å². The van der Waals surface area contributed by atoms with Gasteiger partial charge in [0, 0.05) is 31.5 Å². The van der Waals surface area contributed by atoms with Gasteiger partial charge in [0.25, 0.3) is 0 Å². The number of nitrogens with zero attached hydrogens (tertiary/aromatic N) is 3. The lowest BCUT2D eigenvalue weighted by atomic mass is 10.2. The Bertz CT molecular complexity index is 594. The second kappa shape index (κ2) is 6.55. The SMILES string of the molecule is CCN(C)CCn1c(CCCl)nc2cc(F)c(C)cc21. The normalized spacial score (nSPS) is 11.7. The first-order valence-electron chi connectivity index (χ1n) is 6.96. The molecule has 0 aliphatic rings. The zero-order valence-corrected chi connectivity index (χ0v) is 13.0. The van der Waals surface area contributed by atoms with Gasteiger partial charge in [0.2, 0.25) is 0 Å². The first kappa shape index (κ1) is 15.3. The average Bonchev–Trinajstić information content (AvgIpc) is 2.74. The van der Waals surface area contributed by atoms with Crippen molar-refractivity contribution in [2.24, 2.45) is 0 Å². The molecule has 0 bridgehead atoms. The van der Waals surface area contributed by atoms with E-state index in [1.165, 1.54) is 6.07 Å². The molecule has 0 aliphatic carbocycles. The third-order valence-corrected chi connectivity index (χ3v) is 3.86. The molecule has 20 heavy (non-hydrogen) atoms. The van der Waals surface area contributed by atoms with Crippen molar-refractivity contribution in [3.8, 4) is 0 Å². The van der Waals surface area contributed by atoms with Crippen molar-refractivity contribution in [1.82, 2.24) is 14.5 Å². The Balaban J connectivity index is 2.42. The van der Waals surface area contributed by atoms with Crippen molar-refractivity contribution in [1.29, 1.82) is 0 Å². The van der Waals surface area contributed by atoms with Gasteiger partial charge in [-0.3, -0.25) is 0 Å². The zero-order chi connectivity index (χ0) is 14.7. The third kappa shape index (κ3) is 3.13. The lowest BCUT2D eigenvalue weighted by Crippen LogP contribution is -2.23. The van der Waals surface area contributed by atoms with Gasteiger partial charge in [0.1, 0.15) is 11.6 Å². The first-order valence-corrected chi connectivity index (χ1v) is 7.50. The van der Waals surface area contributed by atoms with Crippen molar-refractivity contribution >= 4 is 22.6 Å². The summed E-state index contributed by atoms with van der Waals surface area (Å²) in [6, 6.07) is 3.39. The number of benzene rings is 1. The summed E-state index contributed by atoms with van der Waals surface area (Å²) < 4.78 is 15.8. The van der Waals surface area contributed by atoms with E-state index < -0.39 is 0 Å². The molecule has 0 fully saturated rings. The Labute approximate surface area is 124 Å². The van der Waals surface area contributed by atoms with E-state index >= 15 is 0 Å². The standard InChI is InChI=1S/C15H21ClFN3/c1-4-19(3)7-8-20-14-9-11(2)12(17)10-13(14)18-15(20)5-6-16/h9-10H,4-8H2,1-3H3. The summed E-state index contributed by atoms with van der Waals surface area (Å²) in [5, 5.41) is 0. The number of likely N-dealkylation sites (N-methyl/N-ethyl adjacent to an activating group) is 1. The molecule has 110 valence electrons. The predicted octanol–water partition coefficient (Wildman–Crippen LogP) is 3.22. The Kier molecular flexibility index (Phi) is 5.00. The number of aromatic nitrogens is 2. The fourth-order valence-corrected chi connectivity index (χ4v) is 2.42.